The summed E-state index contributed by atoms with van der Waals surface area (Å²) < 4.78 is 14.2. The Morgan fingerprint density at radius 1 is 1.60 bits per heavy atom. The van der Waals surface area contributed by atoms with E-state index in [1.54, 1.807) is 13.1 Å². The van der Waals surface area contributed by atoms with Crippen molar-refractivity contribution in [3.8, 4) is 0 Å². The van der Waals surface area contributed by atoms with Crippen LogP contribution in [0.15, 0.2) is 21.5 Å². The fraction of sp³-hybridized carbons (Fsp3) is 0.400. The number of rotatable bonds is 4. The van der Waals surface area contributed by atoms with E-state index in [1.807, 2.05) is 6.26 Å². The highest BCUT2D eigenvalue weighted by molar-refractivity contribution is 9.10. The lowest BCUT2D eigenvalue weighted by molar-refractivity contribution is 0.177. The van der Waals surface area contributed by atoms with Gasteiger partial charge >= 0.3 is 0 Å². The summed E-state index contributed by atoms with van der Waals surface area (Å²) in [5, 5.41) is 12.5. The lowest BCUT2D eigenvalue weighted by Crippen LogP contribution is -2.16. The standard InChI is InChI=1S/C10H13BrFNOS/c1-13-5-9(14)6-3-7(11)10(15-2)8(12)4-6/h3-4,9,13-14H,5H2,1-2H3. The van der Waals surface area contributed by atoms with Crippen molar-refractivity contribution < 1.29 is 9.50 Å². The van der Waals surface area contributed by atoms with E-state index in [0.29, 0.717) is 21.5 Å². The summed E-state index contributed by atoms with van der Waals surface area (Å²) in [6, 6.07) is 3.12. The van der Waals surface area contributed by atoms with Crippen LogP contribution in [0.3, 0.4) is 0 Å². The van der Waals surface area contributed by atoms with Crippen molar-refractivity contribution in [2.24, 2.45) is 0 Å². The summed E-state index contributed by atoms with van der Waals surface area (Å²) in [6.45, 7) is 0.407. The van der Waals surface area contributed by atoms with E-state index in [0.717, 1.165) is 0 Å². The number of likely N-dealkylation sites (N-methyl/N-ethyl adjacent to an activating group) is 1. The average molecular weight is 294 g/mol. The highest BCUT2D eigenvalue weighted by atomic mass is 79.9. The van der Waals surface area contributed by atoms with Crippen molar-refractivity contribution in [2.75, 3.05) is 19.8 Å². The van der Waals surface area contributed by atoms with Gasteiger partial charge in [0, 0.05) is 11.0 Å². The van der Waals surface area contributed by atoms with Crippen molar-refractivity contribution in [3.05, 3.63) is 28.0 Å². The molecular weight excluding hydrogens is 281 g/mol. The Labute approximate surface area is 101 Å². The molecule has 5 heteroatoms. The molecule has 0 aromatic heterocycles. The first-order chi connectivity index (χ1) is 7.10. The number of hydrogen-bond acceptors (Lipinski definition) is 3. The molecule has 0 saturated heterocycles. The second kappa shape index (κ2) is 5.84. The van der Waals surface area contributed by atoms with E-state index in [2.05, 4.69) is 21.2 Å². The summed E-state index contributed by atoms with van der Waals surface area (Å²) in [4.78, 5) is 0.565. The molecule has 1 atom stereocenters. The Kier molecular flexibility index (Phi) is 5.05. The van der Waals surface area contributed by atoms with Crippen LogP contribution in [0.25, 0.3) is 0 Å². The number of hydrogen-bond donors (Lipinski definition) is 2. The van der Waals surface area contributed by atoms with Crippen LogP contribution in [0.1, 0.15) is 11.7 Å². The van der Waals surface area contributed by atoms with Gasteiger partial charge < -0.3 is 10.4 Å². The van der Waals surface area contributed by atoms with E-state index >= 15 is 0 Å². The molecule has 84 valence electrons. The number of aliphatic hydroxyl groups is 1. The molecule has 0 fully saturated rings. The van der Waals surface area contributed by atoms with Gasteiger partial charge in [-0.2, -0.15) is 0 Å². The van der Waals surface area contributed by atoms with Crippen molar-refractivity contribution >= 4 is 27.7 Å². The van der Waals surface area contributed by atoms with Crippen LogP contribution >= 0.6 is 27.7 Å². The molecule has 2 nitrogen and oxygen atoms in total. The molecule has 0 aliphatic carbocycles. The quantitative estimate of drug-likeness (QED) is 0.837. The SMILES string of the molecule is CNCC(O)c1cc(F)c(SC)c(Br)c1. The Morgan fingerprint density at radius 3 is 2.73 bits per heavy atom. The van der Waals surface area contributed by atoms with Crippen LogP contribution < -0.4 is 5.32 Å². The summed E-state index contributed by atoms with van der Waals surface area (Å²) >= 11 is 4.62. The molecule has 15 heavy (non-hydrogen) atoms. The summed E-state index contributed by atoms with van der Waals surface area (Å²) in [5.41, 5.74) is 0.575. The molecule has 2 N–H and O–H groups in total. The maximum absolute atomic E-state index is 13.5. The van der Waals surface area contributed by atoms with Crippen molar-refractivity contribution in [1.82, 2.24) is 5.32 Å². The predicted octanol–water partition coefficient (Wildman–Crippen LogP) is 2.56. The predicted molar refractivity (Wildman–Crippen MR) is 64.8 cm³/mol. The molecule has 1 aromatic carbocycles. The number of thioether (sulfide) groups is 1. The normalized spacial score (nSPS) is 12.9. The van der Waals surface area contributed by atoms with Crippen LogP contribution in [0.5, 0.6) is 0 Å². The first-order valence-electron chi connectivity index (χ1n) is 4.45. The van der Waals surface area contributed by atoms with Gasteiger partial charge in [-0.25, -0.2) is 4.39 Å². The van der Waals surface area contributed by atoms with Crippen LogP contribution in [0.4, 0.5) is 4.39 Å². The van der Waals surface area contributed by atoms with Gasteiger partial charge in [-0.1, -0.05) is 0 Å². The number of halogens is 2. The van der Waals surface area contributed by atoms with E-state index < -0.39 is 6.10 Å². The average Bonchev–Trinajstić information content (AvgIpc) is 2.17. The van der Waals surface area contributed by atoms with Gasteiger partial charge in [0.05, 0.1) is 11.0 Å². The molecule has 0 aliphatic rings. The minimum atomic E-state index is -0.684. The highest BCUT2D eigenvalue weighted by Crippen LogP contribution is 2.31. The van der Waals surface area contributed by atoms with Gasteiger partial charge in [-0.15, -0.1) is 11.8 Å². The van der Waals surface area contributed by atoms with E-state index in [-0.39, 0.29) is 5.82 Å². The van der Waals surface area contributed by atoms with Crippen LogP contribution in [-0.2, 0) is 0 Å². The minimum Gasteiger partial charge on any atom is -0.387 e. The molecule has 0 saturated carbocycles. The lowest BCUT2D eigenvalue weighted by atomic mass is 10.1. The fourth-order valence-electron chi connectivity index (χ4n) is 1.28. The fourth-order valence-corrected chi connectivity index (χ4v) is 2.73. The molecule has 0 bridgehead atoms. The zero-order chi connectivity index (χ0) is 11.4. The second-order valence-electron chi connectivity index (χ2n) is 3.09. The molecule has 1 unspecified atom stereocenters. The zero-order valence-corrected chi connectivity index (χ0v) is 11.0. The van der Waals surface area contributed by atoms with E-state index in [4.69, 9.17) is 0 Å². The van der Waals surface area contributed by atoms with Crippen molar-refractivity contribution in [3.63, 3.8) is 0 Å². The maximum Gasteiger partial charge on any atom is 0.138 e. The molecule has 0 heterocycles. The van der Waals surface area contributed by atoms with E-state index in [1.165, 1.54) is 17.8 Å². The molecule has 1 aromatic rings. The topological polar surface area (TPSA) is 32.3 Å². The maximum atomic E-state index is 13.5. The van der Waals surface area contributed by atoms with Gasteiger partial charge in [0.25, 0.3) is 0 Å². The molecule has 0 radical (unpaired) electrons. The summed E-state index contributed by atoms with van der Waals surface area (Å²) in [7, 11) is 1.74. The van der Waals surface area contributed by atoms with Gasteiger partial charge in [0.2, 0.25) is 0 Å². The summed E-state index contributed by atoms with van der Waals surface area (Å²) in [6.07, 6.45) is 1.13. The lowest BCUT2D eigenvalue weighted by Gasteiger charge is -2.12. The van der Waals surface area contributed by atoms with Crippen LogP contribution in [0, 0.1) is 5.82 Å². The molecule has 1 rings (SSSR count). The van der Waals surface area contributed by atoms with Crippen LogP contribution in [0.2, 0.25) is 0 Å². The minimum absolute atomic E-state index is 0.304. The highest BCUT2D eigenvalue weighted by Gasteiger charge is 2.13. The molecule has 0 amide bonds. The Bertz CT molecular complexity index is 325. The third kappa shape index (κ3) is 3.17. The Balaban J connectivity index is 3.02. The molecule has 0 spiro atoms. The smallest absolute Gasteiger partial charge is 0.138 e. The zero-order valence-electron chi connectivity index (χ0n) is 8.55. The number of aliphatic hydroxyl groups excluding tert-OH is 1. The number of benzene rings is 1. The number of nitrogens with one attached hydrogen (secondary N) is 1. The molecule has 0 aliphatic heterocycles. The van der Waals surface area contributed by atoms with Gasteiger partial charge in [-0.3, -0.25) is 0 Å². The largest absolute Gasteiger partial charge is 0.387 e. The third-order valence-electron chi connectivity index (χ3n) is 2.01. The Hall–Kier alpha value is -0.100. The third-order valence-corrected chi connectivity index (χ3v) is 3.72. The van der Waals surface area contributed by atoms with Crippen molar-refractivity contribution in [2.45, 2.75) is 11.0 Å². The van der Waals surface area contributed by atoms with Gasteiger partial charge in [0.1, 0.15) is 5.82 Å². The van der Waals surface area contributed by atoms with Gasteiger partial charge in [-0.05, 0) is 46.9 Å². The second-order valence-corrected chi connectivity index (χ2v) is 4.76. The Morgan fingerprint density at radius 2 is 2.27 bits per heavy atom. The van der Waals surface area contributed by atoms with Crippen molar-refractivity contribution in [1.29, 1.82) is 0 Å². The van der Waals surface area contributed by atoms with E-state index in [9.17, 15) is 9.50 Å². The van der Waals surface area contributed by atoms with Gasteiger partial charge in [0.15, 0.2) is 0 Å². The van der Waals surface area contributed by atoms with Crippen LogP contribution in [-0.4, -0.2) is 25.0 Å². The monoisotopic (exact) mass is 293 g/mol. The summed E-state index contributed by atoms with van der Waals surface area (Å²) in [5.74, 6) is -0.304. The first-order valence-corrected chi connectivity index (χ1v) is 6.47. The first kappa shape index (κ1) is 13.0. The molecular formula is C10H13BrFNOS.